The summed E-state index contributed by atoms with van der Waals surface area (Å²) in [4.78, 5) is 13.4. The molecule has 1 aliphatic carbocycles. The molecular weight excluding hydrogens is 318 g/mol. The molecule has 1 saturated heterocycles. The van der Waals surface area contributed by atoms with Gasteiger partial charge in [-0.3, -0.25) is 4.90 Å². The van der Waals surface area contributed by atoms with Gasteiger partial charge in [-0.1, -0.05) is 31.0 Å². The van der Waals surface area contributed by atoms with Crippen molar-refractivity contribution in [1.29, 1.82) is 0 Å². The van der Waals surface area contributed by atoms with Gasteiger partial charge in [0.25, 0.3) is 10.2 Å². The molecule has 1 unspecified atom stereocenters. The van der Waals surface area contributed by atoms with E-state index in [-0.39, 0.29) is 12.6 Å². The average Bonchev–Trinajstić information content (AvgIpc) is 3.15. The number of cyclic esters (lactones) is 1. The highest BCUT2D eigenvalue weighted by molar-refractivity contribution is 7.87. The maximum Gasteiger partial charge on any atom is 0.414 e. The molecule has 3 rings (SSSR count). The summed E-state index contributed by atoms with van der Waals surface area (Å²) in [6.07, 6.45) is 2.91. The van der Waals surface area contributed by atoms with Crippen molar-refractivity contribution in [3.8, 4) is 0 Å². The summed E-state index contributed by atoms with van der Waals surface area (Å²) in [7, 11) is -3.56. The molecule has 1 atom stereocenters. The Morgan fingerprint density at radius 2 is 1.87 bits per heavy atom. The molecule has 0 aromatic heterocycles. The first-order chi connectivity index (χ1) is 11.0. The number of para-hydroxylation sites is 1. The topological polar surface area (TPSA) is 87.7 Å². The smallest absolute Gasteiger partial charge is 0.414 e. The Labute approximate surface area is 136 Å². The largest absolute Gasteiger partial charge is 0.443 e. The third-order valence-electron chi connectivity index (χ3n) is 4.12. The maximum atomic E-state index is 12.0. The molecule has 2 N–H and O–H groups in total. The number of amides is 1. The molecule has 7 nitrogen and oxygen atoms in total. The van der Waals surface area contributed by atoms with Crippen molar-refractivity contribution in [3.05, 3.63) is 30.3 Å². The summed E-state index contributed by atoms with van der Waals surface area (Å²) in [5, 5.41) is 0. The van der Waals surface area contributed by atoms with Crippen LogP contribution in [0.1, 0.15) is 25.7 Å². The second-order valence-electron chi connectivity index (χ2n) is 5.90. The molecule has 2 aliphatic rings. The van der Waals surface area contributed by atoms with E-state index in [0.717, 1.165) is 31.4 Å². The van der Waals surface area contributed by atoms with Crippen LogP contribution in [0, 0.1) is 0 Å². The molecule has 1 aliphatic heterocycles. The van der Waals surface area contributed by atoms with Crippen molar-refractivity contribution in [2.45, 2.75) is 37.8 Å². The maximum absolute atomic E-state index is 12.0. The lowest BCUT2D eigenvalue weighted by atomic mass is 10.3. The predicted octanol–water partition coefficient (Wildman–Crippen LogP) is 1.38. The predicted molar refractivity (Wildman–Crippen MR) is 86.4 cm³/mol. The minimum Gasteiger partial charge on any atom is -0.443 e. The zero-order chi connectivity index (χ0) is 16.3. The number of anilines is 1. The van der Waals surface area contributed by atoms with Gasteiger partial charge in [0.2, 0.25) is 0 Å². The molecule has 23 heavy (non-hydrogen) atoms. The second-order valence-corrected chi connectivity index (χ2v) is 7.43. The van der Waals surface area contributed by atoms with E-state index in [9.17, 15) is 13.2 Å². The van der Waals surface area contributed by atoms with Gasteiger partial charge in [0.15, 0.2) is 0 Å². The quantitative estimate of drug-likeness (QED) is 0.819. The van der Waals surface area contributed by atoms with Crippen LogP contribution in [0.15, 0.2) is 30.3 Å². The summed E-state index contributed by atoms with van der Waals surface area (Å²) in [6.45, 7) is 0.395. The third-order valence-corrected chi connectivity index (χ3v) is 5.31. The highest BCUT2D eigenvalue weighted by Gasteiger charge is 2.33. The number of hydrogen-bond donors (Lipinski definition) is 2. The number of benzene rings is 1. The molecule has 0 bridgehead atoms. The SMILES string of the molecule is O=C1OC(CNS(=O)(=O)NC2CCCC2)CN1c1ccccc1. The minimum atomic E-state index is -3.56. The van der Waals surface area contributed by atoms with Gasteiger partial charge in [0, 0.05) is 11.7 Å². The van der Waals surface area contributed by atoms with Crippen molar-refractivity contribution < 1.29 is 17.9 Å². The van der Waals surface area contributed by atoms with Crippen molar-refractivity contribution in [3.63, 3.8) is 0 Å². The van der Waals surface area contributed by atoms with Gasteiger partial charge in [-0.05, 0) is 25.0 Å². The van der Waals surface area contributed by atoms with Crippen LogP contribution in [-0.4, -0.2) is 39.7 Å². The highest BCUT2D eigenvalue weighted by Crippen LogP contribution is 2.21. The molecule has 1 aromatic rings. The summed E-state index contributed by atoms with van der Waals surface area (Å²) in [5.41, 5.74) is 0.743. The third kappa shape index (κ3) is 4.21. The number of carbonyl (C=O) groups excluding carboxylic acids is 1. The van der Waals surface area contributed by atoms with E-state index in [4.69, 9.17) is 4.74 Å². The Balaban J connectivity index is 1.52. The van der Waals surface area contributed by atoms with E-state index in [1.807, 2.05) is 30.3 Å². The van der Waals surface area contributed by atoms with Crippen molar-refractivity contribution >= 4 is 22.0 Å². The van der Waals surface area contributed by atoms with E-state index >= 15 is 0 Å². The van der Waals surface area contributed by atoms with E-state index in [0.29, 0.717) is 6.54 Å². The fraction of sp³-hybridized carbons (Fsp3) is 0.533. The van der Waals surface area contributed by atoms with Crippen molar-refractivity contribution in [1.82, 2.24) is 9.44 Å². The summed E-state index contributed by atoms with van der Waals surface area (Å²) < 4.78 is 34.3. The van der Waals surface area contributed by atoms with Crippen molar-refractivity contribution in [2.75, 3.05) is 18.0 Å². The molecule has 126 valence electrons. The Morgan fingerprint density at radius 1 is 1.17 bits per heavy atom. The van der Waals surface area contributed by atoms with E-state index in [1.54, 1.807) is 0 Å². The van der Waals surface area contributed by atoms with Gasteiger partial charge in [-0.15, -0.1) is 0 Å². The fourth-order valence-electron chi connectivity index (χ4n) is 2.95. The van der Waals surface area contributed by atoms with Crippen LogP contribution in [0.25, 0.3) is 0 Å². The normalized spacial score (nSPS) is 22.5. The fourth-order valence-corrected chi connectivity index (χ4v) is 4.12. The highest BCUT2D eigenvalue weighted by atomic mass is 32.2. The van der Waals surface area contributed by atoms with Crippen LogP contribution in [0.2, 0.25) is 0 Å². The molecule has 1 aromatic carbocycles. The number of carbonyl (C=O) groups is 1. The lowest BCUT2D eigenvalue weighted by molar-refractivity contribution is 0.143. The first-order valence-corrected chi connectivity index (χ1v) is 9.32. The van der Waals surface area contributed by atoms with Crippen LogP contribution in [0.3, 0.4) is 0 Å². The summed E-state index contributed by atoms with van der Waals surface area (Å²) in [6, 6.07) is 9.18. The van der Waals surface area contributed by atoms with Gasteiger partial charge in [0.1, 0.15) is 6.10 Å². The van der Waals surface area contributed by atoms with E-state index in [2.05, 4.69) is 9.44 Å². The zero-order valence-electron chi connectivity index (χ0n) is 12.8. The Bertz CT molecular complexity index is 644. The lowest BCUT2D eigenvalue weighted by Gasteiger charge is -2.15. The first-order valence-electron chi connectivity index (χ1n) is 7.83. The van der Waals surface area contributed by atoms with Crippen LogP contribution in [0.5, 0.6) is 0 Å². The number of nitrogens with zero attached hydrogens (tertiary/aromatic N) is 1. The molecule has 2 fully saturated rings. The molecule has 0 spiro atoms. The monoisotopic (exact) mass is 339 g/mol. The second kappa shape index (κ2) is 6.86. The van der Waals surface area contributed by atoms with Gasteiger partial charge in [-0.25, -0.2) is 4.79 Å². The molecule has 1 amide bonds. The first kappa shape index (κ1) is 16.2. The molecule has 0 radical (unpaired) electrons. The number of nitrogens with one attached hydrogen (secondary N) is 2. The summed E-state index contributed by atoms with van der Waals surface area (Å²) >= 11 is 0. The molecule has 8 heteroatoms. The average molecular weight is 339 g/mol. The van der Waals surface area contributed by atoms with Crippen LogP contribution < -0.4 is 14.3 Å². The number of hydrogen-bond acceptors (Lipinski definition) is 4. The Kier molecular flexibility index (Phi) is 4.84. The van der Waals surface area contributed by atoms with Gasteiger partial charge in [-0.2, -0.15) is 17.9 Å². The van der Waals surface area contributed by atoms with Crippen molar-refractivity contribution in [2.24, 2.45) is 0 Å². The van der Waals surface area contributed by atoms with Gasteiger partial charge >= 0.3 is 6.09 Å². The Morgan fingerprint density at radius 3 is 2.57 bits per heavy atom. The van der Waals surface area contributed by atoms with E-state index in [1.165, 1.54) is 4.90 Å². The minimum absolute atomic E-state index is 0.0134. The molecular formula is C15H21N3O4S. The number of ether oxygens (including phenoxy) is 1. The lowest BCUT2D eigenvalue weighted by Crippen LogP contribution is -2.44. The van der Waals surface area contributed by atoms with Crippen LogP contribution in [0.4, 0.5) is 10.5 Å². The van der Waals surface area contributed by atoms with Gasteiger partial charge < -0.3 is 4.74 Å². The van der Waals surface area contributed by atoms with Crippen LogP contribution in [-0.2, 0) is 14.9 Å². The summed E-state index contributed by atoms with van der Waals surface area (Å²) in [5.74, 6) is 0. The molecule has 1 saturated carbocycles. The standard InChI is InChI=1S/C15H21N3O4S/c19-15-18(13-8-2-1-3-9-13)11-14(22-15)10-16-23(20,21)17-12-6-4-5-7-12/h1-3,8-9,12,14,16-17H,4-7,10-11H2. The number of rotatable bonds is 6. The zero-order valence-corrected chi connectivity index (χ0v) is 13.6. The molecule has 1 heterocycles. The van der Waals surface area contributed by atoms with E-state index < -0.39 is 22.4 Å². The van der Waals surface area contributed by atoms with Crippen LogP contribution >= 0.6 is 0 Å². The van der Waals surface area contributed by atoms with Gasteiger partial charge in [0.05, 0.1) is 13.1 Å². The Hall–Kier alpha value is -1.64.